The zero-order valence-electron chi connectivity index (χ0n) is 11.9. The van der Waals surface area contributed by atoms with E-state index in [1.54, 1.807) is 19.9 Å². The summed E-state index contributed by atoms with van der Waals surface area (Å²) in [5.74, 6) is 0.204. The molecule has 0 fully saturated rings. The van der Waals surface area contributed by atoms with E-state index in [2.05, 4.69) is 6.92 Å². The molecule has 0 amide bonds. The Morgan fingerprint density at radius 3 is 2.63 bits per heavy atom. The second-order valence-corrected chi connectivity index (χ2v) is 4.62. The Hall–Kier alpha value is -1.55. The largest absolute Gasteiger partial charge is 0.493 e. The van der Waals surface area contributed by atoms with Gasteiger partial charge in [0.2, 0.25) is 0 Å². The maximum Gasteiger partial charge on any atom is 0.330 e. The van der Waals surface area contributed by atoms with Crippen molar-refractivity contribution in [1.29, 1.82) is 0 Å². The van der Waals surface area contributed by atoms with Crippen molar-refractivity contribution in [2.75, 3.05) is 13.2 Å². The number of nitrogens with two attached hydrogens (primary N) is 1. The Labute approximate surface area is 114 Å². The van der Waals surface area contributed by atoms with Crippen molar-refractivity contribution in [3.05, 3.63) is 29.8 Å². The lowest BCUT2D eigenvalue weighted by atomic mass is 9.92. The first-order valence-corrected chi connectivity index (χ1v) is 6.72. The molecule has 0 bridgehead atoms. The summed E-state index contributed by atoms with van der Waals surface area (Å²) < 4.78 is 10.7. The summed E-state index contributed by atoms with van der Waals surface area (Å²) in [6.45, 7) is 6.43. The molecular formula is C15H23NO3. The molecule has 0 aliphatic carbocycles. The fourth-order valence-corrected chi connectivity index (χ4v) is 1.74. The Morgan fingerprint density at radius 1 is 1.32 bits per heavy atom. The maximum atomic E-state index is 11.9. The fraction of sp³-hybridized carbons (Fsp3) is 0.533. The molecule has 0 saturated heterocycles. The van der Waals surface area contributed by atoms with E-state index >= 15 is 0 Å². The van der Waals surface area contributed by atoms with E-state index in [1.807, 2.05) is 18.2 Å². The molecule has 0 saturated carbocycles. The van der Waals surface area contributed by atoms with Crippen LogP contribution in [0.25, 0.3) is 0 Å². The highest BCUT2D eigenvalue weighted by Gasteiger charge is 2.34. The predicted octanol–water partition coefficient (Wildman–Crippen LogP) is 2.60. The van der Waals surface area contributed by atoms with Crippen LogP contribution in [0, 0.1) is 0 Å². The van der Waals surface area contributed by atoms with E-state index in [4.69, 9.17) is 15.2 Å². The van der Waals surface area contributed by atoms with Gasteiger partial charge in [-0.15, -0.1) is 0 Å². The molecule has 106 valence electrons. The van der Waals surface area contributed by atoms with Crippen molar-refractivity contribution in [3.63, 3.8) is 0 Å². The Morgan fingerprint density at radius 2 is 2.00 bits per heavy atom. The number of rotatable bonds is 7. The molecule has 0 spiro atoms. The van der Waals surface area contributed by atoms with Gasteiger partial charge in [-0.1, -0.05) is 31.5 Å². The second-order valence-electron chi connectivity index (χ2n) is 4.62. The molecule has 0 aliphatic rings. The van der Waals surface area contributed by atoms with Gasteiger partial charge in [0.1, 0.15) is 11.3 Å². The van der Waals surface area contributed by atoms with Crippen LogP contribution in [0.4, 0.5) is 0 Å². The average molecular weight is 265 g/mol. The third-order valence-electron chi connectivity index (χ3n) is 2.90. The summed E-state index contributed by atoms with van der Waals surface area (Å²) in [5.41, 5.74) is 5.58. The summed E-state index contributed by atoms with van der Waals surface area (Å²) >= 11 is 0. The van der Waals surface area contributed by atoms with Gasteiger partial charge in [-0.3, -0.25) is 0 Å². The lowest BCUT2D eigenvalue weighted by molar-refractivity contribution is -0.149. The maximum absolute atomic E-state index is 11.9. The molecule has 2 N–H and O–H groups in total. The van der Waals surface area contributed by atoms with E-state index in [0.717, 1.165) is 12.8 Å². The van der Waals surface area contributed by atoms with Crippen molar-refractivity contribution in [3.8, 4) is 5.75 Å². The minimum absolute atomic E-state index is 0.310. The first kappa shape index (κ1) is 15.5. The summed E-state index contributed by atoms with van der Waals surface area (Å²) in [4.78, 5) is 11.9. The van der Waals surface area contributed by atoms with E-state index in [1.165, 1.54) is 0 Å². The van der Waals surface area contributed by atoms with E-state index in [-0.39, 0.29) is 0 Å². The van der Waals surface area contributed by atoms with Gasteiger partial charge in [-0.05, 0) is 26.3 Å². The molecule has 4 heteroatoms. The first-order valence-electron chi connectivity index (χ1n) is 6.72. The summed E-state index contributed by atoms with van der Waals surface area (Å²) in [5, 5.41) is 0. The first-order chi connectivity index (χ1) is 9.04. The molecule has 1 rings (SSSR count). The van der Waals surface area contributed by atoms with Crippen LogP contribution < -0.4 is 10.5 Å². The number of esters is 1. The zero-order chi connectivity index (χ0) is 14.3. The van der Waals surface area contributed by atoms with Gasteiger partial charge in [0.05, 0.1) is 13.2 Å². The number of hydrogen-bond acceptors (Lipinski definition) is 4. The van der Waals surface area contributed by atoms with Crippen LogP contribution in [0.2, 0.25) is 0 Å². The van der Waals surface area contributed by atoms with Crippen LogP contribution in [0.15, 0.2) is 24.3 Å². The van der Waals surface area contributed by atoms with E-state index < -0.39 is 11.5 Å². The molecule has 0 radical (unpaired) electrons. The third kappa shape index (κ3) is 3.96. The van der Waals surface area contributed by atoms with Gasteiger partial charge >= 0.3 is 5.97 Å². The van der Waals surface area contributed by atoms with Gasteiger partial charge in [0, 0.05) is 5.56 Å². The Balaban J connectivity index is 2.94. The molecule has 1 aromatic carbocycles. The molecule has 19 heavy (non-hydrogen) atoms. The number of carbonyl (C=O) groups excluding carboxylic acids is 1. The zero-order valence-corrected chi connectivity index (χ0v) is 11.9. The third-order valence-corrected chi connectivity index (χ3v) is 2.90. The van der Waals surface area contributed by atoms with Crippen LogP contribution in [0.5, 0.6) is 5.75 Å². The monoisotopic (exact) mass is 265 g/mol. The lowest BCUT2D eigenvalue weighted by Gasteiger charge is -2.25. The number of hydrogen-bond donors (Lipinski definition) is 1. The average Bonchev–Trinajstić information content (AvgIpc) is 2.40. The van der Waals surface area contributed by atoms with Gasteiger partial charge in [-0.25, -0.2) is 4.79 Å². The second kappa shape index (κ2) is 7.14. The quantitative estimate of drug-likeness (QED) is 0.608. The van der Waals surface area contributed by atoms with Crippen LogP contribution in [0.3, 0.4) is 0 Å². The molecule has 1 aromatic rings. The fourth-order valence-electron chi connectivity index (χ4n) is 1.74. The highest BCUT2D eigenvalue weighted by Crippen LogP contribution is 2.29. The highest BCUT2D eigenvalue weighted by molar-refractivity contribution is 5.82. The summed E-state index contributed by atoms with van der Waals surface area (Å²) in [6, 6.07) is 7.34. The van der Waals surface area contributed by atoms with Crippen LogP contribution in [-0.4, -0.2) is 19.2 Å². The topological polar surface area (TPSA) is 61.5 Å². The van der Waals surface area contributed by atoms with Gasteiger partial charge in [0.15, 0.2) is 0 Å². The normalized spacial score (nSPS) is 13.7. The molecule has 4 nitrogen and oxygen atoms in total. The molecular weight excluding hydrogens is 242 g/mol. The molecule has 1 atom stereocenters. The summed E-state index contributed by atoms with van der Waals surface area (Å²) in [6.07, 6.45) is 2.02. The van der Waals surface area contributed by atoms with Crippen molar-refractivity contribution in [2.24, 2.45) is 5.73 Å². The van der Waals surface area contributed by atoms with Crippen molar-refractivity contribution in [1.82, 2.24) is 0 Å². The number of carbonyl (C=O) groups is 1. The molecule has 1 unspecified atom stereocenters. The smallest absolute Gasteiger partial charge is 0.330 e. The van der Waals surface area contributed by atoms with Crippen molar-refractivity contribution in [2.45, 2.75) is 39.2 Å². The standard InChI is InChI=1S/C15H23NO3/c1-4-6-11-19-13-10-8-7-9-12(13)15(3,16)14(17)18-5-2/h7-10H,4-6,11,16H2,1-3H3. The number of para-hydroxylation sites is 1. The van der Waals surface area contributed by atoms with Crippen LogP contribution in [0.1, 0.15) is 39.2 Å². The minimum atomic E-state index is -1.20. The molecule has 0 aromatic heterocycles. The van der Waals surface area contributed by atoms with E-state index in [9.17, 15) is 4.79 Å². The van der Waals surface area contributed by atoms with Crippen LogP contribution in [-0.2, 0) is 15.1 Å². The number of unbranched alkanes of at least 4 members (excludes halogenated alkanes) is 1. The Kier molecular flexibility index (Phi) is 5.83. The number of ether oxygens (including phenoxy) is 2. The van der Waals surface area contributed by atoms with Crippen molar-refractivity contribution < 1.29 is 14.3 Å². The SMILES string of the molecule is CCCCOc1ccccc1C(C)(N)C(=O)OCC. The lowest BCUT2D eigenvalue weighted by Crippen LogP contribution is -2.43. The predicted molar refractivity (Wildman–Crippen MR) is 75.0 cm³/mol. The van der Waals surface area contributed by atoms with Gasteiger partial charge < -0.3 is 15.2 Å². The summed E-state index contributed by atoms with van der Waals surface area (Å²) in [7, 11) is 0. The Bertz CT molecular complexity index is 416. The highest BCUT2D eigenvalue weighted by atomic mass is 16.5. The number of benzene rings is 1. The van der Waals surface area contributed by atoms with Crippen LogP contribution >= 0.6 is 0 Å². The van der Waals surface area contributed by atoms with Gasteiger partial charge in [0.25, 0.3) is 0 Å². The molecule has 0 heterocycles. The van der Waals surface area contributed by atoms with Crippen molar-refractivity contribution >= 4 is 5.97 Å². The minimum Gasteiger partial charge on any atom is -0.493 e. The van der Waals surface area contributed by atoms with Gasteiger partial charge in [-0.2, -0.15) is 0 Å². The van der Waals surface area contributed by atoms with E-state index in [0.29, 0.717) is 24.5 Å². The molecule has 0 aliphatic heterocycles.